The van der Waals surface area contributed by atoms with E-state index in [1.54, 1.807) is 18.2 Å². The first-order valence-electron chi connectivity index (χ1n) is 4.52. The minimum atomic E-state index is -0.432. The Labute approximate surface area is 99.4 Å². The van der Waals surface area contributed by atoms with Gasteiger partial charge in [0.25, 0.3) is 0 Å². The predicted molar refractivity (Wildman–Crippen MR) is 63.6 cm³/mol. The van der Waals surface area contributed by atoms with Crippen LogP contribution in [0.1, 0.15) is 10.4 Å². The smallest absolute Gasteiger partial charge is 0.338 e. The van der Waals surface area contributed by atoms with E-state index in [0.717, 1.165) is 0 Å². The second-order valence-corrected chi connectivity index (χ2v) is 4.14. The fourth-order valence-electron chi connectivity index (χ4n) is 1.51. The molecule has 82 valence electrons. The number of nitrogens with one attached hydrogen (secondary N) is 1. The van der Waals surface area contributed by atoms with Crippen molar-refractivity contribution < 1.29 is 9.53 Å². The number of hydrogen-bond donors (Lipinski definition) is 1. The Morgan fingerprint density at radius 3 is 2.81 bits per heavy atom. The van der Waals surface area contributed by atoms with Crippen molar-refractivity contribution in [1.82, 2.24) is 4.98 Å². The van der Waals surface area contributed by atoms with Crippen LogP contribution in [0, 0.1) is 0 Å². The van der Waals surface area contributed by atoms with Crippen molar-refractivity contribution in [3.05, 3.63) is 44.7 Å². The molecule has 1 aromatic heterocycles. The van der Waals surface area contributed by atoms with Gasteiger partial charge in [-0.15, -0.1) is 0 Å². The van der Waals surface area contributed by atoms with E-state index in [4.69, 9.17) is 0 Å². The van der Waals surface area contributed by atoms with Crippen molar-refractivity contribution in [2.45, 2.75) is 0 Å². The normalized spacial score (nSPS) is 10.4. The van der Waals surface area contributed by atoms with Crippen molar-refractivity contribution in [1.29, 1.82) is 0 Å². The highest BCUT2D eigenvalue weighted by atomic mass is 79.9. The van der Waals surface area contributed by atoms with Crippen LogP contribution in [0.3, 0.4) is 0 Å². The van der Waals surface area contributed by atoms with Gasteiger partial charge in [0.1, 0.15) is 0 Å². The average molecular weight is 282 g/mol. The van der Waals surface area contributed by atoms with Gasteiger partial charge in [0.2, 0.25) is 5.56 Å². The standard InChI is InChI=1S/C11H8BrNO3/c1-16-11(15)8-4-6(12)5-9-7(8)2-3-10(14)13-9/h2-5H,1H3,(H,13,14). The third-order valence-electron chi connectivity index (χ3n) is 2.21. The number of aromatic nitrogens is 1. The van der Waals surface area contributed by atoms with Gasteiger partial charge in [0, 0.05) is 15.9 Å². The van der Waals surface area contributed by atoms with Gasteiger partial charge in [-0.2, -0.15) is 0 Å². The number of esters is 1. The van der Waals surface area contributed by atoms with Crippen LogP contribution in [0.15, 0.2) is 33.5 Å². The Morgan fingerprint density at radius 1 is 1.38 bits per heavy atom. The molecule has 0 radical (unpaired) electrons. The third-order valence-corrected chi connectivity index (χ3v) is 2.67. The molecular formula is C11H8BrNO3. The van der Waals surface area contributed by atoms with Crippen LogP contribution in [-0.2, 0) is 4.74 Å². The second kappa shape index (κ2) is 4.09. The Kier molecular flexibility index (Phi) is 2.78. The summed E-state index contributed by atoms with van der Waals surface area (Å²) in [6.07, 6.45) is 0. The van der Waals surface area contributed by atoms with Gasteiger partial charge in [0.15, 0.2) is 0 Å². The Balaban J connectivity index is 2.82. The zero-order valence-corrected chi connectivity index (χ0v) is 10.00. The van der Waals surface area contributed by atoms with Crippen LogP contribution in [0.5, 0.6) is 0 Å². The molecule has 5 heteroatoms. The second-order valence-electron chi connectivity index (χ2n) is 3.23. The minimum Gasteiger partial charge on any atom is -0.465 e. The predicted octanol–water partition coefficient (Wildman–Crippen LogP) is 2.08. The summed E-state index contributed by atoms with van der Waals surface area (Å²) in [4.78, 5) is 25.3. The highest BCUT2D eigenvalue weighted by Gasteiger charge is 2.11. The Bertz CT molecular complexity index is 618. The van der Waals surface area contributed by atoms with Crippen molar-refractivity contribution in [2.75, 3.05) is 7.11 Å². The fraction of sp³-hybridized carbons (Fsp3) is 0.0909. The lowest BCUT2D eigenvalue weighted by Gasteiger charge is -2.05. The van der Waals surface area contributed by atoms with Crippen LogP contribution in [0.2, 0.25) is 0 Å². The molecule has 0 bridgehead atoms. The van der Waals surface area contributed by atoms with Gasteiger partial charge in [0.05, 0.1) is 18.2 Å². The van der Waals surface area contributed by atoms with E-state index >= 15 is 0 Å². The molecule has 0 saturated heterocycles. The number of carbonyl (C=O) groups excluding carboxylic acids is 1. The van der Waals surface area contributed by atoms with E-state index in [0.29, 0.717) is 20.9 Å². The summed E-state index contributed by atoms with van der Waals surface area (Å²) in [6, 6.07) is 6.38. The van der Waals surface area contributed by atoms with Crippen molar-refractivity contribution in [2.24, 2.45) is 0 Å². The number of H-pyrrole nitrogens is 1. The van der Waals surface area contributed by atoms with Crippen LogP contribution in [0.4, 0.5) is 0 Å². The van der Waals surface area contributed by atoms with Crippen LogP contribution < -0.4 is 5.56 Å². The number of aromatic amines is 1. The number of halogens is 1. The van der Waals surface area contributed by atoms with E-state index < -0.39 is 5.97 Å². The third kappa shape index (κ3) is 1.86. The molecule has 0 aliphatic carbocycles. The topological polar surface area (TPSA) is 59.2 Å². The fourth-order valence-corrected chi connectivity index (χ4v) is 1.97. The average Bonchev–Trinajstić information content (AvgIpc) is 2.26. The maximum Gasteiger partial charge on any atom is 0.338 e. The molecule has 1 heterocycles. The number of ether oxygens (including phenoxy) is 1. The van der Waals surface area contributed by atoms with Gasteiger partial charge in [-0.3, -0.25) is 4.79 Å². The van der Waals surface area contributed by atoms with Crippen molar-refractivity contribution in [3.63, 3.8) is 0 Å². The van der Waals surface area contributed by atoms with E-state index in [9.17, 15) is 9.59 Å². The first-order chi connectivity index (χ1) is 7.61. The molecule has 0 unspecified atom stereocenters. The molecule has 0 spiro atoms. The quantitative estimate of drug-likeness (QED) is 0.815. The number of benzene rings is 1. The molecule has 0 atom stereocenters. The van der Waals surface area contributed by atoms with Crippen molar-refractivity contribution >= 4 is 32.8 Å². The molecule has 0 saturated carbocycles. The number of fused-ring (bicyclic) bond motifs is 1. The van der Waals surface area contributed by atoms with Crippen LogP contribution in [-0.4, -0.2) is 18.1 Å². The summed E-state index contributed by atoms with van der Waals surface area (Å²) in [5, 5.41) is 0.662. The summed E-state index contributed by atoms with van der Waals surface area (Å²) < 4.78 is 5.39. The first-order valence-corrected chi connectivity index (χ1v) is 5.32. The summed E-state index contributed by atoms with van der Waals surface area (Å²) >= 11 is 3.28. The number of pyridine rings is 1. The molecular weight excluding hydrogens is 274 g/mol. The molecule has 1 N–H and O–H groups in total. The van der Waals surface area contributed by atoms with Gasteiger partial charge in [-0.25, -0.2) is 4.79 Å². The molecule has 1 aromatic carbocycles. The van der Waals surface area contributed by atoms with Crippen LogP contribution >= 0.6 is 15.9 Å². The van der Waals surface area contributed by atoms with Gasteiger partial charge in [-0.1, -0.05) is 15.9 Å². The van der Waals surface area contributed by atoms with Crippen molar-refractivity contribution in [3.8, 4) is 0 Å². The largest absolute Gasteiger partial charge is 0.465 e. The summed E-state index contributed by atoms with van der Waals surface area (Å²) in [5.74, 6) is -0.432. The van der Waals surface area contributed by atoms with Gasteiger partial charge in [-0.05, 0) is 18.2 Å². The zero-order valence-electron chi connectivity index (χ0n) is 8.41. The molecule has 2 aromatic rings. The Morgan fingerprint density at radius 2 is 2.12 bits per heavy atom. The first kappa shape index (κ1) is 10.9. The lowest BCUT2D eigenvalue weighted by atomic mass is 10.1. The maximum atomic E-state index is 11.5. The molecule has 0 fully saturated rings. The van der Waals surface area contributed by atoms with E-state index in [1.807, 2.05) is 0 Å². The number of hydrogen-bond acceptors (Lipinski definition) is 3. The maximum absolute atomic E-state index is 11.5. The van der Waals surface area contributed by atoms with E-state index in [2.05, 4.69) is 25.7 Å². The summed E-state index contributed by atoms with van der Waals surface area (Å²) in [7, 11) is 1.32. The number of methoxy groups -OCH3 is 1. The van der Waals surface area contributed by atoms with Crippen LogP contribution in [0.25, 0.3) is 10.9 Å². The van der Waals surface area contributed by atoms with E-state index in [-0.39, 0.29) is 5.56 Å². The summed E-state index contributed by atoms with van der Waals surface area (Å²) in [6.45, 7) is 0. The van der Waals surface area contributed by atoms with Gasteiger partial charge >= 0.3 is 5.97 Å². The summed E-state index contributed by atoms with van der Waals surface area (Å²) in [5.41, 5.74) is 0.812. The number of carbonyl (C=O) groups is 1. The highest BCUT2D eigenvalue weighted by molar-refractivity contribution is 9.10. The highest BCUT2D eigenvalue weighted by Crippen LogP contribution is 2.22. The lowest BCUT2D eigenvalue weighted by molar-refractivity contribution is 0.0603. The zero-order chi connectivity index (χ0) is 11.7. The molecule has 0 aliphatic heterocycles. The molecule has 0 aliphatic rings. The molecule has 16 heavy (non-hydrogen) atoms. The molecule has 2 rings (SSSR count). The number of rotatable bonds is 1. The lowest BCUT2D eigenvalue weighted by Crippen LogP contribution is -2.07. The minimum absolute atomic E-state index is 0.207. The van der Waals surface area contributed by atoms with E-state index in [1.165, 1.54) is 13.2 Å². The molecule has 0 amide bonds. The monoisotopic (exact) mass is 281 g/mol. The van der Waals surface area contributed by atoms with Gasteiger partial charge < -0.3 is 9.72 Å². The Hall–Kier alpha value is -1.62. The molecule has 4 nitrogen and oxygen atoms in total. The SMILES string of the molecule is COC(=O)c1cc(Br)cc2[nH]c(=O)ccc12.